The van der Waals surface area contributed by atoms with Crippen LogP contribution in [-0.4, -0.2) is 70.5 Å². The zero-order chi connectivity index (χ0) is 13.9. The van der Waals surface area contributed by atoms with E-state index in [4.69, 9.17) is 9.47 Å². The van der Waals surface area contributed by atoms with Gasteiger partial charge in [-0.05, 0) is 12.8 Å². The predicted octanol–water partition coefficient (Wildman–Crippen LogP) is -1.06. The van der Waals surface area contributed by atoms with Crippen molar-refractivity contribution in [3.63, 3.8) is 0 Å². The summed E-state index contributed by atoms with van der Waals surface area (Å²) in [5, 5.41) is -0.234. The van der Waals surface area contributed by atoms with Gasteiger partial charge >= 0.3 is 0 Å². The van der Waals surface area contributed by atoms with Crippen molar-refractivity contribution in [2.75, 3.05) is 40.0 Å². The third-order valence-electron chi connectivity index (χ3n) is 3.26. The van der Waals surface area contributed by atoms with Crippen LogP contribution < -0.4 is 4.72 Å². The first-order valence-electron chi connectivity index (χ1n) is 6.39. The number of nitrogens with zero attached hydrogens (tertiary/aromatic N) is 1. The lowest BCUT2D eigenvalue weighted by Gasteiger charge is -2.32. The first kappa shape index (κ1) is 14.7. The summed E-state index contributed by atoms with van der Waals surface area (Å²) in [6.45, 7) is 1.58. The second-order valence-electron chi connectivity index (χ2n) is 4.86. The molecule has 19 heavy (non-hydrogen) atoms. The Morgan fingerprint density at radius 1 is 1.47 bits per heavy atom. The molecule has 1 N–H and O–H groups in total. The SMILES string of the molecule is COCCN1CC(CNS(=O)(=O)C2CC2)OCC1=O. The van der Waals surface area contributed by atoms with Gasteiger partial charge in [-0.2, -0.15) is 0 Å². The van der Waals surface area contributed by atoms with E-state index in [9.17, 15) is 13.2 Å². The smallest absolute Gasteiger partial charge is 0.248 e. The lowest BCUT2D eigenvalue weighted by Crippen LogP contribution is -2.51. The zero-order valence-electron chi connectivity index (χ0n) is 11.0. The van der Waals surface area contributed by atoms with Crippen molar-refractivity contribution in [2.24, 2.45) is 0 Å². The molecule has 1 saturated heterocycles. The highest BCUT2D eigenvalue weighted by molar-refractivity contribution is 7.90. The normalized spacial score (nSPS) is 24.8. The molecule has 0 spiro atoms. The Morgan fingerprint density at radius 2 is 2.21 bits per heavy atom. The molecule has 110 valence electrons. The molecule has 1 saturated carbocycles. The molecule has 7 nitrogen and oxygen atoms in total. The average Bonchev–Trinajstić information content (AvgIpc) is 3.21. The monoisotopic (exact) mass is 292 g/mol. The number of carbonyl (C=O) groups excluding carboxylic acids is 1. The fraction of sp³-hybridized carbons (Fsp3) is 0.909. The molecule has 1 heterocycles. The fourth-order valence-electron chi connectivity index (χ4n) is 1.93. The molecule has 1 unspecified atom stereocenters. The number of carbonyl (C=O) groups is 1. The fourth-order valence-corrected chi connectivity index (χ4v) is 3.34. The molecule has 8 heteroatoms. The van der Waals surface area contributed by atoms with Crippen LogP contribution in [-0.2, 0) is 24.3 Å². The van der Waals surface area contributed by atoms with E-state index in [2.05, 4.69) is 4.72 Å². The van der Waals surface area contributed by atoms with Crippen molar-refractivity contribution in [2.45, 2.75) is 24.2 Å². The number of rotatable bonds is 7. The largest absolute Gasteiger partial charge is 0.383 e. The van der Waals surface area contributed by atoms with Crippen LogP contribution in [0.5, 0.6) is 0 Å². The second-order valence-corrected chi connectivity index (χ2v) is 6.90. The van der Waals surface area contributed by atoms with Gasteiger partial charge in [-0.25, -0.2) is 13.1 Å². The molecular weight excluding hydrogens is 272 g/mol. The lowest BCUT2D eigenvalue weighted by atomic mass is 10.2. The number of ether oxygens (including phenoxy) is 2. The molecule has 2 aliphatic rings. The number of hydrogen-bond donors (Lipinski definition) is 1. The maximum atomic E-state index is 11.7. The molecule has 1 aliphatic heterocycles. The molecule has 1 atom stereocenters. The number of amides is 1. The van der Waals surface area contributed by atoms with E-state index in [0.29, 0.717) is 19.7 Å². The van der Waals surface area contributed by atoms with Crippen molar-refractivity contribution >= 4 is 15.9 Å². The third kappa shape index (κ3) is 4.13. The average molecular weight is 292 g/mol. The zero-order valence-corrected chi connectivity index (χ0v) is 11.8. The quantitative estimate of drug-likeness (QED) is 0.647. The van der Waals surface area contributed by atoms with Crippen molar-refractivity contribution in [3.8, 4) is 0 Å². The summed E-state index contributed by atoms with van der Waals surface area (Å²) in [6.07, 6.45) is 1.18. The molecule has 1 amide bonds. The molecule has 0 aromatic rings. The summed E-state index contributed by atoms with van der Waals surface area (Å²) in [5.74, 6) is -0.0849. The van der Waals surface area contributed by atoms with Gasteiger partial charge in [0.2, 0.25) is 15.9 Å². The molecule has 0 aromatic carbocycles. The lowest BCUT2D eigenvalue weighted by molar-refractivity contribution is -0.149. The molecular formula is C11H20N2O5S. The summed E-state index contributed by atoms with van der Waals surface area (Å²) in [5.41, 5.74) is 0. The van der Waals surface area contributed by atoms with Crippen molar-refractivity contribution in [1.29, 1.82) is 0 Å². The summed E-state index contributed by atoms with van der Waals surface area (Å²) < 4.78 is 36.2. The van der Waals surface area contributed by atoms with Crippen LogP contribution in [0.4, 0.5) is 0 Å². The van der Waals surface area contributed by atoms with Crippen LogP contribution in [0, 0.1) is 0 Å². The van der Waals surface area contributed by atoms with Gasteiger partial charge < -0.3 is 14.4 Å². The van der Waals surface area contributed by atoms with Crippen molar-refractivity contribution in [1.82, 2.24) is 9.62 Å². The van der Waals surface area contributed by atoms with Gasteiger partial charge in [-0.1, -0.05) is 0 Å². The standard InChI is InChI=1S/C11H20N2O5S/c1-17-5-4-13-7-9(18-8-11(13)14)6-12-19(15,16)10-2-3-10/h9-10,12H,2-8H2,1H3. The van der Waals surface area contributed by atoms with Crippen LogP contribution in [0.2, 0.25) is 0 Å². The minimum Gasteiger partial charge on any atom is -0.383 e. The van der Waals surface area contributed by atoms with Crippen molar-refractivity contribution in [3.05, 3.63) is 0 Å². The Morgan fingerprint density at radius 3 is 2.84 bits per heavy atom. The highest BCUT2D eigenvalue weighted by atomic mass is 32.2. The molecule has 2 fully saturated rings. The minimum atomic E-state index is -3.19. The van der Waals surface area contributed by atoms with Crippen LogP contribution >= 0.6 is 0 Å². The highest BCUT2D eigenvalue weighted by Crippen LogP contribution is 2.27. The van der Waals surface area contributed by atoms with E-state index >= 15 is 0 Å². The van der Waals surface area contributed by atoms with E-state index in [1.165, 1.54) is 0 Å². The van der Waals surface area contributed by atoms with Crippen LogP contribution in [0.25, 0.3) is 0 Å². The summed E-state index contributed by atoms with van der Waals surface area (Å²) in [6, 6.07) is 0. The number of sulfonamides is 1. The first-order valence-corrected chi connectivity index (χ1v) is 7.94. The van der Waals surface area contributed by atoms with E-state index in [-0.39, 0.29) is 30.4 Å². The third-order valence-corrected chi connectivity index (χ3v) is 5.18. The van der Waals surface area contributed by atoms with Crippen LogP contribution in [0.15, 0.2) is 0 Å². The summed E-state index contributed by atoms with van der Waals surface area (Å²) in [7, 11) is -1.62. The first-order chi connectivity index (χ1) is 9.03. The van der Waals surface area contributed by atoms with E-state index < -0.39 is 10.0 Å². The Labute approximate surface area is 113 Å². The van der Waals surface area contributed by atoms with Crippen molar-refractivity contribution < 1.29 is 22.7 Å². The van der Waals surface area contributed by atoms with Crippen LogP contribution in [0.3, 0.4) is 0 Å². The minimum absolute atomic E-state index is 0.000459. The Balaban J connectivity index is 1.79. The second kappa shape index (κ2) is 6.17. The predicted molar refractivity (Wildman–Crippen MR) is 68.1 cm³/mol. The molecule has 0 bridgehead atoms. The molecule has 0 aromatic heterocycles. The van der Waals surface area contributed by atoms with Gasteiger partial charge in [-0.15, -0.1) is 0 Å². The number of morpholine rings is 1. The molecule has 0 radical (unpaired) electrons. The Bertz CT molecular complexity index is 421. The van der Waals surface area contributed by atoms with Crippen LogP contribution in [0.1, 0.15) is 12.8 Å². The van der Waals surface area contributed by atoms with Gasteiger partial charge in [0, 0.05) is 26.7 Å². The Kier molecular flexibility index (Phi) is 4.77. The van der Waals surface area contributed by atoms with E-state index in [1.54, 1.807) is 12.0 Å². The van der Waals surface area contributed by atoms with Gasteiger partial charge in [0.25, 0.3) is 0 Å². The van der Waals surface area contributed by atoms with E-state index in [0.717, 1.165) is 12.8 Å². The molecule has 1 aliphatic carbocycles. The van der Waals surface area contributed by atoms with Gasteiger partial charge in [0.05, 0.1) is 18.0 Å². The highest BCUT2D eigenvalue weighted by Gasteiger charge is 2.36. The number of nitrogens with one attached hydrogen (secondary N) is 1. The Hall–Kier alpha value is -0.700. The van der Waals surface area contributed by atoms with Gasteiger partial charge in [-0.3, -0.25) is 4.79 Å². The maximum Gasteiger partial charge on any atom is 0.248 e. The summed E-state index contributed by atoms with van der Waals surface area (Å²) >= 11 is 0. The number of hydrogen-bond acceptors (Lipinski definition) is 5. The maximum absolute atomic E-state index is 11.7. The van der Waals surface area contributed by atoms with Gasteiger partial charge in [0.1, 0.15) is 6.61 Å². The van der Waals surface area contributed by atoms with Gasteiger partial charge in [0.15, 0.2) is 0 Å². The summed E-state index contributed by atoms with van der Waals surface area (Å²) in [4.78, 5) is 13.2. The topological polar surface area (TPSA) is 84.9 Å². The van der Waals surface area contributed by atoms with E-state index in [1.807, 2.05) is 0 Å². The number of methoxy groups -OCH3 is 1. The molecule has 2 rings (SSSR count).